The standard InChI is InChI=1S/C20H30ClN3O3S/c1-14-10-19(15(2)9-18(14)21)28(26,27)24-11-16-5-7-23(8-6-17(16)12-24)13-20(25)22(3)4/h9-10,16-17H,5-8,11-13H2,1-4H3/t16-,17+. The smallest absolute Gasteiger partial charge is 0.243 e. The molecule has 8 heteroatoms. The van der Waals surface area contributed by atoms with Crippen molar-refractivity contribution >= 4 is 27.5 Å². The van der Waals surface area contributed by atoms with Crippen molar-refractivity contribution in [2.45, 2.75) is 31.6 Å². The van der Waals surface area contributed by atoms with Crippen LogP contribution in [0.25, 0.3) is 0 Å². The molecule has 2 heterocycles. The molecule has 0 N–H and O–H groups in total. The molecule has 6 nitrogen and oxygen atoms in total. The Balaban J connectivity index is 1.70. The quantitative estimate of drug-likeness (QED) is 0.740. The fourth-order valence-corrected chi connectivity index (χ4v) is 6.28. The Bertz CT molecular complexity index is 840. The predicted octanol–water partition coefficient (Wildman–Crippen LogP) is 2.38. The highest BCUT2D eigenvalue weighted by Gasteiger charge is 2.41. The minimum absolute atomic E-state index is 0.116. The normalized spacial score (nSPS) is 24.0. The third-order valence-electron chi connectivity index (χ3n) is 6.11. The Labute approximate surface area is 173 Å². The van der Waals surface area contributed by atoms with E-state index >= 15 is 0 Å². The first-order chi connectivity index (χ1) is 13.1. The number of rotatable bonds is 4. The van der Waals surface area contributed by atoms with Crippen molar-refractivity contribution in [2.24, 2.45) is 11.8 Å². The lowest BCUT2D eigenvalue weighted by Crippen LogP contribution is -2.37. The number of fused-ring (bicyclic) bond motifs is 1. The van der Waals surface area contributed by atoms with Gasteiger partial charge in [-0.25, -0.2) is 8.42 Å². The number of carbonyl (C=O) groups is 1. The third-order valence-corrected chi connectivity index (χ3v) is 8.49. The van der Waals surface area contributed by atoms with Gasteiger partial charge in [-0.2, -0.15) is 4.31 Å². The molecule has 3 rings (SSSR count). The Morgan fingerprint density at radius 3 is 2.21 bits per heavy atom. The number of sulfonamides is 1. The number of nitrogens with zero attached hydrogens (tertiary/aromatic N) is 3. The van der Waals surface area contributed by atoms with E-state index in [9.17, 15) is 13.2 Å². The van der Waals surface area contributed by atoms with E-state index in [2.05, 4.69) is 4.90 Å². The second-order valence-electron chi connectivity index (χ2n) is 8.35. The molecule has 156 valence electrons. The summed E-state index contributed by atoms with van der Waals surface area (Å²) in [5, 5.41) is 0.593. The summed E-state index contributed by atoms with van der Waals surface area (Å²) in [5.41, 5.74) is 1.47. The third kappa shape index (κ3) is 4.37. The van der Waals surface area contributed by atoms with Crippen molar-refractivity contribution in [1.82, 2.24) is 14.1 Å². The fourth-order valence-electron chi connectivity index (χ4n) is 4.22. The number of likely N-dealkylation sites (N-methyl/N-ethyl adjacent to an activating group) is 1. The number of halogens is 1. The van der Waals surface area contributed by atoms with Gasteiger partial charge in [-0.1, -0.05) is 11.6 Å². The molecule has 2 aliphatic rings. The van der Waals surface area contributed by atoms with Crippen LogP contribution in [0, 0.1) is 25.7 Å². The van der Waals surface area contributed by atoms with Gasteiger partial charge in [0, 0.05) is 32.2 Å². The molecule has 1 aromatic carbocycles. The van der Waals surface area contributed by atoms with Gasteiger partial charge in [0.2, 0.25) is 15.9 Å². The van der Waals surface area contributed by atoms with Crippen LogP contribution in [0.3, 0.4) is 0 Å². The van der Waals surface area contributed by atoms with E-state index in [-0.39, 0.29) is 5.91 Å². The molecule has 0 aliphatic carbocycles. The SMILES string of the molecule is Cc1cc(S(=O)(=O)N2C[C@H]3CCN(CC(=O)N(C)C)CC[C@H]3C2)c(C)cc1Cl. The van der Waals surface area contributed by atoms with E-state index in [1.807, 2.05) is 6.92 Å². The molecule has 1 aromatic rings. The molecule has 0 aromatic heterocycles. The average Bonchev–Trinajstić information content (AvgIpc) is 2.95. The van der Waals surface area contributed by atoms with Gasteiger partial charge in [-0.05, 0) is 74.9 Å². The highest BCUT2D eigenvalue weighted by atomic mass is 35.5. The van der Waals surface area contributed by atoms with E-state index in [1.54, 1.807) is 42.4 Å². The molecule has 2 aliphatic heterocycles. The Kier molecular flexibility index (Phi) is 6.39. The van der Waals surface area contributed by atoms with Gasteiger partial charge < -0.3 is 4.90 Å². The van der Waals surface area contributed by atoms with E-state index < -0.39 is 10.0 Å². The van der Waals surface area contributed by atoms with Gasteiger partial charge in [0.25, 0.3) is 0 Å². The van der Waals surface area contributed by atoms with Gasteiger partial charge >= 0.3 is 0 Å². The summed E-state index contributed by atoms with van der Waals surface area (Å²) in [6.07, 6.45) is 1.85. The number of hydrogen-bond acceptors (Lipinski definition) is 4. The highest BCUT2D eigenvalue weighted by molar-refractivity contribution is 7.89. The number of carbonyl (C=O) groups excluding carboxylic acids is 1. The number of benzene rings is 1. The minimum Gasteiger partial charge on any atom is -0.348 e. The van der Waals surface area contributed by atoms with Gasteiger partial charge in [0.05, 0.1) is 11.4 Å². The summed E-state index contributed by atoms with van der Waals surface area (Å²) < 4.78 is 28.2. The van der Waals surface area contributed by atoms with Gasteiger partial charge in [-0.3, -0.25) is 9.69 Å². The molecule has 0 spiro atoms. The van der Waals surface area contributed by atoms with Gasteiger partial charge in [-0.15, -0.1) is 0 Å². The summed E-state index contributed by atoms with van der Waals surface area (Å²) in [6.45, 7) is 6.87. The fraction of sp³-hybridized carbons (Fsp3) is 0.650. The Hall–Kier alpha value is -1.15. The molecule has 0 radical (unpaired) electrons. The second-order valence-corrected chi connectivity index (χ2v) is 10.7. The monoisotopic (exact) mass is 427 g/mol. The molecule has 1 amide bonds. The topological polar surface area (TPSA) is 60.9 Å². The molecular weight excluding hydrogens is 398 g/mol. The maximum Gasteiger partial charge on any atom is 0.243 e. The van der Waals surface area contributed by atoms with Crippen LogP contribution in [0.1, 0.15) is 24.0 Å². The van der Waals surface area contributed by atoms with Crippen LogP contribution in [0.4, 0.5) is 0 Å². The first kappa shape index (κ1) is 21.6. The molecule has 2 atom stereocenters. The maximum atomic E-state index is 13.3. The Morgan fingerprint density at radius 1 is 1.11 bits per heavy atom. The molecule has 0 bridgehead atoms. The van der Waals surface area contributed by atoms with Crippen molar-refractivity contribution < 1.29 is 13.2 Å². The summed E-state index contributed by atoms with van der Waals surface area (Å²) in [6, 6.07) is 3.42. The number of likely N-dealkylation sites (tertiary alicyclic amines) is 1. The summed E-state index contributed by atoms with van der Waals surface area (Å²) in [5.74, 6) is 0.815. The van der Waals surface area contributed by atoms with E-state index in [0.717, 1.165) is 31.5 Å². The van der Waals surface area contributed by atoms with Crippen molar-refractivity contribution in [2.75, 3.05) is 46.8 Å². The Morgan fingerprint density at radius 2 is 1.68 bits per heavy atom. The van der Waals surface area contributed by atoms with Crippen LogP contribution in [-0.2, 0) is 14.8 Å². The van der Waals surface area contributed by atoms with E-state index in [1.165, 1.54) is 0 Å². The lowest BCUT2D eigenvalue weighted by molar-refractivity contribution is -0.129. The van der Waals surface area contributed by atoms with E-state index in [4.69, 9.17) is 11.6 Å². The largest absolute Gasteiger partial charge is 0.348 e. The summed E-state index contributed by atoms with van der Waals surface area (Å²) in [4.78, 5) is 16.2. The van der Waals surface area contributed by atoms with Crippen LogP contribution in [-0.4, -0.2) is 75.2 Å². The summed E-state index contributed by atoms with van der Waals surface area (Å²) in [7, 11) is 0.0295. The zero-order chi connectivity index (χ0) is 20.6. The molecule has 0 unspecified atom stereocenters. The van der Waals surface area contributed by atoms with Crippen LogP contribution < -0.4 is 0 Å². The first-order valence-corrected chi connectivity index (χ1v) is 11.6. The molecular formula is C20H30ClN3O3S. The molecule has 0 saturated carbocycles. The van der Waals surface area contributed by atoms with Crippen LogP contribution in [0.15, 0.2) is 17.0 Å². The number of aryl methyl sites for hydroxylation is 2. The van der Waals surface area contributed by atoms with Crippen molar-refractivity contribution in [3.63, 3.8) is 0 Å². The van der Waals surface area contributed by atoms with Crippen LogP contribution in [0.5, 0.6) is 0 Å². The lowest BCUT2D eigenvalue weighted by atomic mass is 9.92. The number of hydrogen-bond donors (Lipinski definition) is 0. The van der Waals surface area contributed by atoms with Crippen molar-refractivity contribution in [3.05, 3.63) is 28.3 Å². The minimum atomic E-state index is -3.52. The molecule has 2 saturated heterocycles. The molecule has 2 fully saturated rings. The van der Waals surface area contributed by atoms with Crippen molar-refractivity contribution in [1.29, 1.82) is 0 Å². The lowest BCUT2D eigenvalue weighted by Gasteiger charge is -2.23. The van der Waals surface area contributed by atoms with Crippen LogP contribution in [0.2, 0.25) is 5.02 Å². The maximum absolute atomic E-state index is 13.3. The second kappa shape index (κ2) is 8.30. The zero-order valence-electron chi connectivity index (χ0n) is 17.1. The van der Waals surface area contributed by atoms with Crippen LogP contribution >= 0.6 is 11.6 Å². The van der Waals surface area contributed by atoms with E-state index in [0.29, 0.717) is 47.0 Å². The zero-order valence-corrected chi connectivity index (χ0v) is 18.7. The average molecular weight is 428 g/mol. The molecule has 28 heavy (non-hydrogen) atoms. The van der Waals surface area contributed by atoms with Crippen molar-refractivity contribution in [3.8, 4) is 0 Å². The first-order valence-electron chi connectivity index (χ1n) is 9.79. The number of amides is 1. The van der Waals surface area contributed by atoms with Gasteiger partial charge in [0.1, 0.15) is 0 Å². The predicted molar refractivity (Wildman–Crippen MR) is 111 cm³/mol. The summed E-state index contributed by atoms with van der Waals surface area (Å²) >= 11 is 6.14. The highest BCUT2D eigenvalue weighted by Crippen LogP contribution is 2.36. The van der Waals surface area contributed by atoms with Gasteiger partial charge in [0.15, 0.2) is 0 Å².